The molecule has 6 heteroatoms. The molecule has 2 aromatic carbocycles. The Morgan fingerprint density at radius 1 is 0.931 bits per heavy atom. The van der Waals surface area contributed by atoms with Crippen molar-refractivity contribution in [2.75, 3.05) is 21.3 Å². The van der Waals surface area contributed by atoms with Gasteiger partial charge in [-0.1, -0.05) is 26.0 Å². The molecule has 0 aliphatic carbocycles. The molecule has 0 amide bonds. The van der Waals surface area contributed by atoms with Crippen LogP contribution in [-0.4, -0.2) is 26.3 Å². The van der Waals surface area contributed by atoms with Gasteiger partial charge in [-0.2, -0.15) is 0 Å². The zero-order valence-corrected chi connectivity index (χ0v) is 18.4. The van der Waals surface area contributed by atoms with Gasteiger partial charge in [0.15, 0.2) is 11.5 Å². The first-order valence-corrected chi connectivity index (χ1v) is 10.5. The monoisotopic (exact) mass is 412 g/mol. The van der Waals surface area contributed by atoms with Crippen LogP contribution in [0.25, 0.3) is 10.6 Å². The zero-order chi connectivity index (χ0) is 20.8. The van der Waals surface area contributed by atoms with E-state index in [9.17, 15) is 0 Å². The van der Waals surface area contributed by atoms with Crippen molar-refractivity contribution >= 4 is 11.3 Å². The second-order valence-electron chi connectivity index (χ2n) is 7.09. The molecular formula is C23H28N2O3S. The number of hydrogen-bond donors (Lipinski definition) is 1. The van der Waals surface area contributed by atoms with Crippen molar-refractivity contribution in [1.82, 2.24) is 10.3 Å². The van der Waals surface area contributed by atoms with Crippen molar-refractivity contribution < 1.29 is 14.2 Å². The van der Waals surface area contributed by atoms with Crippen LogP contribution < -0.4 is 19.5 Å². The SMILES string of the molecule is COc1ccc(C(NCc2csc(-c3ccc(OC)c(OC)c3)n2)C(C)C)cc1. The summed E-state index contributed by atoms with van der Waals surface area (Å²) < 4.78 is 16.0. The summed E-state index contributed by atoms with van der Waals surface area (Å²) in [5.74, 6) is 2.75. The molecule has 0 aliphatic heterocycles. The van der Waals surface area contributed by atoms with Gasteiger partial charge in [0.05, 0.1) is 27.0 Å². The molecule has 1 heterocycles. The molecule has 3 aromatic rings. The summed E-state index contributed by atoms with van der Waals surface area (Å²) in [5, 5.41) is 6.72. The first kappa shape index (κ1) is 21.1. The number of aromatic nitrogens is 1. The topological polar surface area (TPSA) is 52.6 Å². The maximum absolute atomic E-state index is 5.41. The molecule has 0 fully saturated rings. The number of nitrogens with zero attached hydrogens (tertiary/aromatic N) is 1. The van der Waals surface area contributed by atoms with Gasteiger partial charge in [-0.3, -0.25) is 0 Å². The lowest BCUT2D eigenvalue weighted by atomic mass is 9.96. The molecule has 154 valence electrons. The van der Waals surface area contributed by atoms with E-state index in [1.54, 1.807) is 32.7 Å². The van der Waals surface area contributed by atoms with Crippen molar-refractivity contribution in [2.24, 2.45) is 5.92 Å². The lowest BCUT2D eigenvalue weighted by molar-refractivity contribution is 0.355. The van der Waals surface area contributed by atoms with Crippen molar-refractivity contribution in [2.45, 2.75) is 26.4 Å². The van der Waals surface area contributed by atoms with Gasteiger partial charge in [0, 0.05) is 23.5 Å². The second kappa shape index (κ2) is 9.76. The minimum absolute atomic E-state index is 0.243. The van der Waals surface area contributed by atoms with Gasteiger partial charge in [-0.05, 0) is 41.8 Å². The number of benzene rings is 2. The Morgan fingerprint density at radius 3 is 2.28 bits per heavy atom. The molecule has 3 rings (SSSR count). The standard InChI is InChI=1S/C23H28N2O3S/c1-15(2)22(16-6-9-19(26-3)10-7-16)24-13-18-14-29-23(25-18)17-8-11-20(27-4)21(12-17)28-5/h6-12,14-15,22,24H,13H2,1-5H3. The second-order valence-corrected chi connectivity index (χ2v) is 7.95. The highest BCUT2D eigenvalue weighted by molar-refractivity contribution is 7.13. The number of thiazole rings is 1. The number of rotatable bonds is 9. The highest BCUT2D eigenvalue weighted by Crippen LogP contribution is 2.33. The Hall–Kier alpha value is -2.57. The fourth-order valence-electron chi connectivity index (χ4n) is 3.25. The summed E-state index contributed by atoms with van der Waals surface area (Å²) >= 11 is 1.63. The van der Waals surface area contributed by atoms with E-state index in [1.165, 1.54) is 5.56 Å². The van der Waals surface area contributed by atoms with Crippen molar-refractivity contribution in [1.29, 1.82) is 0 Å². The third kappa shape index (κ3) is 5.08. The molecule has 1 atom stereocenters. The van der Waals surface area contributed by atoms with Gasteiger partial charge in [0.2, 0.25) is 0 Å². The van der Waals surface area contributed by atoms with Gasteiger partial charge in [-0.15, -0.1) is 11.3 Å². The van der Waals surface area contributed by atoms with Crippen LogP contribution in [0.3, 0.4) is 0 Å². The summed E-state index contributed by atoms with van der Waals surface area (Å²) in [6.45, 7) is 5.15. The van der Waals surface area contributed by atoms with Crippen LogP contribution in [0.4, 0.5) is 0 Å². The molecule has 0 aliphatic rings. The summed E-state index contributed by atoms with van der Waals surface area (Å²) in [6, 6.07) is 14.4. The van der Waals surface area contributed by atoms with Crippen LogP contribution in [0.5, 0.6) is 17.2 Å². The molecule has 1 aromatic heterocycles. The average Bonchev–Trinajstić information content (AvgIpc) is 3.22. The van der Waals surface area contributed by atoms with Gasteiger partial charge >= 0.3 is 0 Å². The maximum Gasteiger partial charge on any atom is 0.161 e. The van der Waals surface area contributed by atoms with Gasteiger partial charge < -0.3 is 19.5 Å². The average molecular weight is 413 g/mol. The van der Waals surface area contributed by atoms with E-state index in [-0.39, 0.29) is 6.04 Å². The summed E-state index contributed by atoms with van der Waals surface area (Å²) in [5.41, 5.74) is 3.30. The van der Waals surface area contributed by atoms with Gasteiger partial charge in [0.25, 0.3) is 0 Å². The van der Waals surface area contributed by atoms with Crippen molar-refractivity contribution in [3.8, 4) is 27.8 Å². The Balaban J connectivity index is 1.71. The van der Waals surface area contributed by atoms with E-state index in [1.807, 2.05) is 30.3 Å². The Labute approximate surface area is 176 Å². The molecule has 5 nitrogen and oxygen atoms in total. The van der Waals surface area contributed by atoms with Crippen molar-refractivity contribution in [3.63, 3.8) is 0 Å². The molecule has 1 unspecified atom stereocenters. The Bertz CT molecular complexity index is 922. The van der Waals surface area contributed by atoms with E-state index in [4.69, 9.17) is 19.2 Å². The normalized spacial score (nSPS) is 12.1. The quantitative estimate of drug-likeness (QED) is 0.515. The lowest BCUT2D eigenvalue weighted by Gasteiger charge is -2.23. The number of ether oxygens (including phenoxy) is 3. The zero-order valence-electron chi connectivity index (χ0n) is 17.6. The molecule has 0 spiro atoms. The summed E-state index contributed by atoms with van der Waals surface area (Å²) in [6.07, 6.45) is 0. The first-order chi connectivity index (χ1) is 14.0. The predicted octanol–water partition coefficient (Wildman–Crippen LogP) is 5.32. The fourth-order valence-corrected chi connectivity index (χ4v) is 4.07. The molecule has 0 radical (unpaired) electrons. The predicted molar refractivity (Wildman–Crippen MR) is 118 cm³/mol. The molecule has 0 bridgehead atoms. The molecule has 1 N–H and O–H groups in total. The number of methoxy groups -OCH3 is 3. The van der Waals surface area contributed by atoms with Crippen LogP contribution in [0.15, 0.2) is 47.8 Å². The van der Waals surface area contributed by atoms with E-state index in [0.717, 1.165) is 22.0 Å². The van der Waals surface area contributed by atoms with Gasteiger partial charge in [-0.25, -0.2) is 4.98 Å². The van der Waals surface area contributed by atoms with Crippen LogP contribution in [0.1, 0.15) is 31.1 Å². The summed E-state index contributed by atoms with van der Waals surface area (Å²) in [7, 11) is 4.97. The van der Waals surface area contributed by atoms with E-state index in [2.05, 4.69) is 36.7 Å². The molecule has 29 heavy (non-hydrogen) atoms. The van der Waals surface area contributed by atoms with E-state index in [0.29, 0.717) is 24.0 Å². The molecular weight excluding hydrogens is 384 g/mol. The fraction of sp³-hybridized carbons (Fsp3) is 0.348. The van der Waals surface area contributed by atoms with Crippen molar-refractivity contribution in [3.05, 3.63) is 59.1 Å². The van der Waals surface area contributed by atoms with Crippen LogP contribution in [0, 0.1) is 5.92 Å². The van der Waals surface area contributed by atoms with Crippen LogP contribution >= 0.6 is 11.3 Å². The summed E-state index contributed by atoms with van der Waals surface area (Å²) in [4.78, 5) is 4.80. The smallest absolute Gasteiger partial charge is 0.161 e. The van der Waals surface area contributed by atoms with E-state index >= 15 is 0 Å². The largest absolute Gasteiger partial charge is 0.497 e. The third-order valence-electron chi connectivity index (χ3n) is 4.83. The maximum atomic E-state index is 5.41. The highest BCUT2D eigenvalue weighted by Gasteiger charge is 2.16. The molecule has 0 saturated heterocycles. The Kier molecular flexibility index (Phi) is 7.12. The minimum atomic E-state index is 0.243. The van der Waals surface area contributed by atoms with Crippen LogP contribution in [0.2, 0.25) is 0 Å². The van der Waals surface area contributed by atoms with Gasteiger partial charge in [0.1, 0.15) is 10.8 Å². The number of nitrogens with one attached hydrogen (secondary N) is 1. The highest BCUT2D eigenvalue weighted by atomic mass is 32.1. The van der Waals surface area contributed by atoms with Crippen LogP contribution in [-0.2, 0) is 6.54 Å². The first-order valence-electron chi connectivity index (χ1n) is 9.59. The minimum Gasteiger partial charge on any atom is -0.497 e. The number of hydrogen-bond acceptors (Lipinski definition) is 6. The lowest BCUT2D eigenvalue weighted by Crippen LogP contribution is -2.25. The molecule has 0 saturated carbocycles. The Morgan fingerprint density at radius 2 is 1.66 bits per heavy atom. The van der Waals surface area contributed by atoms with E-state index < -0.39 is 0 Å². The third-order valence-corrected chi connectivity index (χ3v) is 5.77.